The van der Waals surface area contributed by atoms with Crippen molar-refractivity contribution in [2.24, 2.45) is 0 Å². The predicted octanol–water partition coefficient (Wildman–Crippen LogP) is 2.11. The number of carbonyl (C=O) groups excluding carboxylic acids is 1. The van der Waals surface area contributed by atoms with Gasteiger partial charge in [-0.25, -0.2) is 13.1 Å². The summed E-state index contributed by atoms with van der Waals surface area (Å²) in [7, 11) is -3.63. The topological polar surface area (TPSA) is 115 Å². The van der Waals surface area contributed by atoms with Crippen molar-refractivity contribution in [1.82, 2.24) is 19.8 Å². The van der Waals surface area contributed by atoms with E-state index in [0.717, 1.165) is 19.3 Å². The van der Waals surface area contributed by atoms with Crippen molar-refractivity contribution in [3.63, 3.8) is 0 Å². The molecule has 1 aromatic heterocycles. The lowest BCUT2D eigenvalue weighted by atomic mass is 9.96. The molecule has 0 aliphatic carbocycles. The highest BCUT2D eigenvalue weighted by Gasteiger charge is 2.25. The summed E-state index contributed by atoms with van der Waals surface area (Å²) in [4.78, 5) is 17.8. The van der Waals surface area contributed by atoms with Gasteiger partial charge in [-0.1, -0.05) is 12.1 Å². The molecule has 0 saturated carbocycles. The third kappa shape index (κ3) is 5.79. The fraction of sp³-hybridized carbons (Fsp3) is 0.550. The molecule has 2 heterocycles. The Hall–Kier alpha value is -2.46. The Kier molecular flexibility index (Phi) is 7.43. The number of sulfonamides is 1. The molecule has 1 amide bonds. The van der Waals surface area contributed by atoms with Crippen LogP contribution in [0.25, 0.3) is 0 Å². The Labute approximate surface area is 176 Å². The lowest BCUT2D eigenvalue weighted by Crippen LogP contribution is -2.36. The third-order valence-corrected chi connectivity index (χ3v) is 6.50. The first-order valence-corrected chi connectivity index (χ1v) is 11.7. The van der Waals surface area contributed by atoms with Gasteiger partial charge in [0.1, 0.15) is 5.75 Å². The zero-order chi connectivity index (χ0) is 21.6. The lowest BCUT2D eigenvalue weighted by molar-refractivity contribution is -0.129. The van der Waals surface area contributed by atoms with Crippen LogP contribution in [0.4, 0.5) is 0 Å². The molecule has 1 fully saturated rings. The van der Waals surface area contributed by atoms with E-state index in [-0.39, 0.29) is 23.3 Å². The van der Waals surface area contributed by atoms with Gasteiger partial charge in [-0.15, -0.1) is 0 Å². The molecule has 2 aromatic rings. The molecule has 1 saturated heterocycles. The largest absolute Gasteiger partial charge is 0.494 e. The Balaban J connectivity index is 1.49. The summed E-state index contributed by atoms with van der Waals surface area (Å²) in [5.41, 5.74) is 0. The molecule has 0 radical (unpaired) electrons. The van der Waals surface area contributed by atoms with E-state index in [1.54, 1.807) is 19.1 Å². The molecule has 9 nitrogen and oxygen atoms in total. The van der Waals surface area contributed by atoms with Crippen molar-refractivity contribution >= 4 is 15.9 Å². The smallest absolute Gasteiger partial charge is 0.240 e. The second kappa shape index (κ2) is 10.0. The normalized spacial score (nSPS) is 15.3. The molecule has 0 spiro atoms. The minimum absolute atomic E-state index is 0.0812. The van der Waals surface area contributed by atoms with Gasteiger partial charge >= 0.3 is 0 Å². The van der Waals surface area contributed by atoms with Crippen molar-refractivity contribution in [3.05, 3.63) is 36.0 Å². The fourth-order valence-corrected chi connectivity index (χ4v) is 4.33. The molecule has 1 aliphatic rings. The number of aromatic nitrogens is 2. The van der Waals surface area contributed by atoms with Gasteiger partial charge in [-0.2, -0.15) is 4.98 Å². The van der Waals surface area contributed by atoms with Gasteiger partial charge < -0.3 is 14.2 Å². The summed E-state index contributed by atoms with van der Waals surface area (Å²) >= 11 is 0. The first-order valence-electron chi connectivity index (χ1n) is 10.2. The van der Waals surface area contributed by atoms with E-state index in [2.05, 4.69) is 14.9 Å². The summed E-state index contributed by atoms with van der Waals surface area (Å²) in [5, 5.41) is 4.04. The zero-order valence-electron chi connectivity index (χ0n) is 17.3. The van der Waals surface area contributed by atoms with Gasteiger partial charge in [0.05, 0.1) is 11.5 Å². The van der Waals surface area contributed by atoms with Crippen LogP contribution in [0.3, 0.4) is 0 Å². The number of nitrogens with zero attached hydrogens (tertiary/aromatic N) is 3. The number of rotatable bonds is 9. The number of hydrogen-bond donors (Lipinski definition) is 1. The molecule has 10 heteroatoms. The molecule has 0 bridgehead atoms. The van der Waals surface area contributed by atoms with Crippen LogP contribution in [0.5, 0.6) is 5.75 Å². The standard InChI is InChI=1S/C20H28N4O5S/c1-3-14-28-17-4-6-18(7-5-17)30(26,27)21-11-8-19-22-20(23-29-19)16-9-12-24(13-10-16)15(2)25/h4-7,16,21H,3,8-14H2,1-2H3. The van der Waals surface area contributed by atoms with Crippen LogP contribution in [0.15, 0.2) is 33.7 Å². The minimum atomic E-state index is -3.63. The van der Waals surface area contributed by atoms with Crippen LogP contribution in [-0.2, 0) is 21.2 Å². The first-order chi connectivity index (χ1) is 14.4. The second-order valence-corrected chi connectivity index (χ2v) is 9.06. The Morgan fingerprint density at radius 2 is 1.97 bits per heavy atom. The fourth-order valence-electron chi connectivity index (χ4n) is 3.30. The monoisotopic (exact) mass is 436 g/mol. The van der Waals surface area contributed by atoms with Gasteiger partial charge in [0, 0.05) is 38.9 Å². The predicted molar refractivity (Wildman–Crippen MR) is 110 cm³/mol. The van der Waals surface area contributed by atoms with Crippen LogP contribution in [0.1, 0.15) is 50.7 Å². The van der Waals surface area contributed by atoms with Crippen LogP contribution >= 0.6 is 0 Å². The summed E-state index contributed by atoms with van der Waals surface area (Å²) in [6, 6.07) is 6.33. The molecule has 0 unspecified atom stereocenters. The SMILES string of the molecule is CCCOc1ccc(S(=O)(=O)NCCc2nc(C3CCN(C(C)=O)CC3)no2)cc1. The van der Waals surface area contributed by atoms with Crippen molar-refractivity contribution in [3.8, 4) is 5.75 Å². The molecule has 1 aromatic carbocycles. The number of piperidine rings is 1. The van der Waals surface area contributed by atoms with Crippen LogP contribution in [0, 0.1) is 0 Å². The molecule has 1 N–H and O–H groups in total. The van der Waals surface area contributed by atoms with E-state index in [4.69, 9.17) is 9.26 Å². The van der Waals surface area contributed by atoms with Gasteiger partial charge in [-0.3, -0.25) is 4.79 Å². The molecule has 0 atom stereocenters. The van der Waals surface area contributed by atoms with E-state index in [1.165, 1.54) is 12.1 Å². The van der Waals surface area contributed by atoms with Gasteiger partial charge in [-0.05, 0) is 43.5 Å². The molecule has 1 aliphatic heterocycles. The summed E-state index contributed by atoms with van der Waals surface area (Å²) in [5.74, 6) is 1.90. The highest BCUT2D eigenvalue weighted by Crippen LogP contribution is 2.26. The van der Waals surface area contributed by atoms with Crippen molar-refractivity contribution < 1.29 is 22.5 Å². The van der Waals surface area contributed by atoms with E-state index in [9.17, 15) is 13.2 Å². The summed E-state index contributed by atoms with van der Waals surface area (Å²) in [6.45, 7) is 5.69. The van der Waals surface area contributed by atoms with E-state index >= 15 is 0 Å². The Morgan fingerprint density at radius 1 is 1.27 bits per heavy atom. The number of ether oxygens (including phenoxy) is 1. The quantitative estimate of drug-likeness (QED) is 0.640. The maximum atomic E-state index is 12.4. The maximum Gasteiger partial charge on any atom is 0.240 e. The van der Waals surface area contributed by atoms with Crippen LogP contribution in [0.2, 0.25) is 0 Å². The average molecular weight is 437 g/mol. The van der Waals surface area contributed by atoms with Crippen molar-refractivity contribution in [2.45, 2.75) is 50.3 Å². The number of benzene rings is 1. The van der Waals surface area contributed by atoms with Crippen molar-refractivity contribution in [1.29, 1.82) is 0 Å². The van der Waals surface area contributed by atoms with Crippen LogP contribution in [-0.4, -0.2) is 55.6 Å². The van der Waals surface area contributed by atoms with Gasteiger partial charge in [0.25, 0.3) is 0 Å². The third-order valence-electron chi connectivity index (χ3n) is 5.03. The van der Waals surface area contributed by atoms with Crippen molar-refractivity contribution in [2.75, 3.05) is 26.2 Å². The second-order valence-electron chi connectivity index (χ2n) is 7.29. The molecular weight excluding hydrogens is 408 g/mol. The first kappa shape index (κ1) is 22.2. The van der Waals surface area contributed by atoms with E-state index in [0.29, 0.717) is 43.6 Å². The van der Waals surface area contributed by atoms with E-state index in [1.807, 2.05) is 11.8 Å². The van der Waals surface area contributed by atoms with Crippen LogP contribution < -0.4 is 9.46 Å². The Morgan fingerprint density at radius 3 is 2.60 bits per heavy atom. The number of likely N-dealkylation sites (tertiary alicyclic amines) is 1. The minimum Gasteiger partial charge on any atom is -0.494 e. The number of amides is 1. The van der Waals surface area contributed by atoms with Gasteiger partial charge in [0.15, 0.2) is 5.82 Å². The van der Waals surface area contributed by atoms with E-state index < -0.39 is 10.0 Å². The highest BCUT2D eigenvalue weighted by atomic mass is 32.2. The summed E-state index contributed by atoms with van der Waals surface area (Å²) < 4.78 is 38.2. The molecular formula is C20H28N4O5S. The lowest BCUT2D eigenvalue weighted by Gasteiger charge is -2.29. The number of hydrogen-bond acceptors (Lipinski definition) is 7. The zero-order valence-corrected chi connectivity index (χ0v) is 18.2. The molecule has 164 valence electrons. The Bertz CT molecular complexity index is 934. The number of carbonyl (C=O) groups is 1. The van der Waals surface area contributed by atoms with Gasteiger partial charge in [0.2, 0.25) is 21.8 Å². The average Bonchev–Trinajstić information content (AvgIpc) is 3.21. The maximum absolute atomic E-state index is 12.4. The number of nitrogens with one attached hydrogen (secondary N) is 1. The molecule has 3 rings (SSSR count). The summed E-state index contributed by atoms with van der Waals surface area (Å²) in [6.07, 6.45) is 2.78. The highest BCUT2D eigenvalue weighted by molar-refractivity contribution is 7.89. The molecule has 30 heavy (non-hydrogen) atoms.